The van der Waals surface area contributed by atoms with E-state index in [4.69, 9.17) is 14.2 Å². The van der Waals surface area contributed by atoms with Crippen LogP contribution in [0.1, 0.15) is 16.4 Å². The van der Waals surface area contributed by atoms with Crippen molar-refractivity contribution in [2.24, 2.45) is 5.92 Å². The molecule has 0 aliphatic carbocycles. The zero-order valence-corrected chi connectivity index (χ0v) is 15.9. The molecule has 1 aromatic carbocycles. The molecule has 3 rings (SSSR count). The van der Waals surface area contributed by atoms with Crippen LogP contribution in [0.3, 0.4) is 0 Å². The molecule has 1 aromatic heterocycles. The largest absolute Gasteiger partial charge is 0.497 e. The zero-order chi connectivity index (χ0) is 18.8. The number of methoxy groups -OCH3 is 3. The van der Waals surface area contributed by atoms with E-state index < -0.39 is 29.0 Å². The van der Waals surface area contributed by atoms with Crippen molar-refractivity contribution in [3.05, 3.63) is 44.4 Å². The number of aromatic nitrogens is 1. The number of hydrogen-bond acceptors (Lipinski definition) is 8. The van der Waals surface area contributed by atoms with E-state index in [0.29, 0.717) is 15.7 Å². The van der Waals surface area contributed by atoms with Gasteiger partial charge in [0, 0.05) is 10.8 Å². The van der Waals surface area contributed by atoms with Crippen molar-refractivity contribution in [1.29, 1.82) is 0 Å². The van der Waals surface area contributed by atoms with E-state index in [9.17, 15) is 14.4 Å². The summed E-state index contributed by atoms with van der Waals surface area (Å²) >= 11 is 2.16. The Balaban J connectivity index is 2.17. The number of esters is 2. The lowest BCUT2D eigenvalue weighted by atomic mass is 9.82. The first-order valence-electron chi connectivity index (χ1n) is 7.69. The molecule has 0 radical (unpaired) electrons. The van der Waals surface area contributed by atoms with Gasteiger partial charge in [-0.15, -0.1) is 0 Å². The van der Waals surface area contributed by atoms with Crippen molar-refractivity contribution in [2.45, 2.75) is 16.2 Å². The molecule has 3 atom stereocenters. The third-order valence-electron chi connectivity index (χ3n) is 4.24. The van der Waals surface area contributed by atoms with E-state index in [0.717, 1.165) is 28.7 Å². The molecular formula is C17H17NO6S2. The van der Waals surface area contributed by atoms with E-state index in [-0.39, 0.29) is 4.87 Å². The summed E-state index contributed by atoms with van der Waals surface area (Å²) in [7, 11) is 4.11. The summed E-state index contributed by atoms with van der Waals surface area (Å²) < 4.78 is 15.0. The Kier molecular flexibility index (Phi) is 5.38. The van der Waals surface area contributed by atoms with Crippen molar-refractivity contribution in [3.8, 4) is 5.75 Å². The Morgan fingerprint density at radius 1 is 1.04 bits per heavy atom. The molecule has 2 aromatic rings. The van der Waals surface area contributed by atoms with Crippen LogP contribution in [0.25, 0.3) is 0 Å². The number of H-pyrrole nitrogens is 1. The number of rotatable bonds is 4. The van der Waals surface area contributed by atoms with Gasteiger partial charge in [-0.25, -0.2) is 0 Å². The number of thioether (sulfide) groups is 1. The minimum absolute atomic E-state index is 0.241. The summed E-state index contributed by atoms with van der Waals surface area (Å²) in [5, 5.41) is -0.242. The third kappa shape index (κ3) is 3.24. The molecule has 1 aliphatic heterocycles. The van der Waals surface area contributed by atoms with Crippen LogP contribution in [0.15, 0.2) is 34.1 Å². The SMILES string of the molecule is COC(=O)[C@H]1[C@@H](c2ccc(OC)cc2)c2sc(=O)[nH]c2S[C@@H]1C(=O)OC. The summed E-state index contributed by atoms with van der Waals surface area (Å²) in [4.78, 5) is 40.0. The van der Waals surface area contributed by atoms with Crippen LogP contribution >= 0.6 is 23.1 Å². The number of nitrogens with one attached hydrogen (secondary N) is 1. The lowest BCUT2D eigenvalue weighted by molar-refractivity contribution is -0.151. The van der Waals surface area contributed by atoms with Crippen molar-refractivity contribution in [3.63, 3.8) is 0 Å². The average molecular weight is 395 g/mol. The Bertz CT molecular complexity index is 872. The second kappa shape index (κ2) is 7.55. The van der Waals surface area contributed by atoms with E-state index >= 15 is 0 Å². The molecule has 0 fully saturated rings. The minimum Gasteiger partial charge on any atom is -0.497 e. The number of carbonyl (C=O) groups excluding carboxylic acids is 2. The fraction of sp³-hybridized carbons (Fsp3) is 0.353. The quantitative estimate of drug-likeness (QED) is 0.792. The molecule has 138 valence electrons. The molecule has 1 N–H and O–H groups in total. The maximum absolute atomic E-state index is 12.6. The molecule has 2 heterocycles. The molecule has 0 saturated carbocycles. The summed E-state index contributed by atoms with van der Waals surface area (Å²) in [5.41, 5.74) is 0.784. The van der Waals surface area contributed by atoms with Crippen LogP contribution in [0.5, 0.6) is 5.75 Å². The van der Waals surface area contributed by atoms with E-state index in [1.165, 1.54) is 14.2 Å². The summed E-state index contributed by atoms with van der Waals surface area (Å²) in [6, 6.07) is 7.18. The van der Waals surface area contributed by atoms with E-state index in [1.54, 1.807) is 19.2 Å². The standard InChI is InChI=1S/C17H17NO6S2/c1-22-9-6-4-8(5-7-9)10-11(15(19)23-2)13(16(20)24-3)25-14-12(10)26-17(21)18-14/h4-7,10-11,13H,1-3H3,(H,18,21)/t10-,11+,13+/m1/s1. The number of thiazole rings is 1. The molecule has 1 aliphatic rings. The zero-order valence-electron chi connectivity index (χ0n) is 14.3. The van der Waals surface area contributed by atoms with Crippen LogP contribution < -0.4 is 9.61 Å². The van der Waals surface area contributed by atoms with Gasteiger partial charge in [-0.3, -0.25) is 14.4 Å². The molecule has 9 heteroatoms. The fourth-order valence-electron chi connectivity index (χ4n) is 3.03. The molecular weight excluding hydrogens is 378 g/mol. The molecule has 7 nitrogen and oxygen atoms in total. The van der Waals surface area contributed by atoms with Crippen LogP contribution in [0.4, 0.5) is 0 Å². The molecule has 0 amide bonds. The van der Waals surface area contributed by atoms with E-state index in [1.807, 2.05) is 12.1 Å². The number of hydrogen-bond donors (Lipinski definition) is 1. The van der Waals surface area contributed by atoms with Gasteiger partial charge in [-0.1, -0.05) is 35.2 Å². The van der Waals surface area contributed by atoms with Gasteiger partial charge in [0.05, 0.1) is 32.3 Å². The number of ether oxygens (including phenoxy) is 3. The number of carbonyl (C=O) groups is 2. The Hall–Kier alpha value is -2.26. The van der Waals surface area contributed by atoms with E-state index in [2.05, 4.69) is 4.98 Å². The monoisotopic (exact) mass is 395 g/mol. The van der Waals surface area contributed by atoms with Crippen molar-refractivity contribution >= 4 is 35.0 Å². The van der Waals surface area contributed by atoms with Gasteiger partial charge in [-0.05, 0) is 17.7 Å². The van der Waals surface area contributed by atoms with Gasteiger partial charge < -0.3 is 19.2 Å². The summed E-state index contributed by atoms with van der Waals surface area (Å²) in [6.45, 7) is 0. The van der Waals surface area contributed by atoms with Gasteiger partial charge in [0.25, 0.3) is 0 Å². The normalized spacial score (nSPS) is 21.6. The van der Waals surface area contributed by atoms with Gasteiger partial charge >= 0.3 is 16.8 Å². The van der Waals surface area contributed by atoms with Crippen molar-refractivity contribution in [2.75, 3.05) is 21.3 Å². The Morgan fingerprint density at radius 3 is 2.27 bits per heavy atom. The average Bonchev–Trinajstić information content (AvgIpc) is 3.05. The highest BCUT2D eigenvalue weighted by atomic mass is 32.2. The second-order valence-corrected chi connectivity index (χ2v) is 7.74. The lowest BCUT2D eigenvalue weighted by Gasteiger charge is -2.34. The maximum Gasteiger partial charge on any atom is 0.320 e. The third-order valence-corrected chi connectivity index (χ3v) is 6.63. The van der Waals surface area contributed by atoms with Gasteiger partial charge in [-0.2, -0.15) is 0 Å². The van der Waals surface area contributed by atoms with Gasteiger partial charge in [0.2, 0.25) is 0 Å². The fourth-order valence-corrected chi connectivity index (χ4v) is 5.53. The van der Waals surface area contributed by atoms with Crippen LogP contribution in [-0.4, -0.2) is 43.5 Å². The first-order chi connectivity index (χ1) is 12.5. The highest BCUT2D eigenvalue weighted by molar-refractivity contribution is 8.00. The highest BCUT2D eigenvalue weighted by Crippen LogP contribution is 2.49. The lowest BCUT2D eigenvalue weighted by Crippen LogP contribution is -2.40. The molecule has 26 heavy (non-hydrogen) atoms. The first-order valence-corrected chi connectivity index (χ1v) is 9.39. The number of aromatic amines is 1. The predicted octanol–water partition coefficient (Wildman–Crippen LogP) is 2.01. The minimum atomic E-state index is -0.822. The van der Waals surface area contributed by atoms with Crippen LogP contribution in [0, 0.1) is 5.92 Å². The number of benzene rings is 1. The predicted molar refractivity (Wildman–Crippen MR) is 96.9 cm³/mol. The molecule has 0 unspecified atom stereocenters. The second-order valence-electron chi connectivity index (χ2n) is 5.57. The summed E-state index contributed by atoms with van der Waals surface area (Å²) in [5.74, 6) is -1.72. The Morgan fingerprint density at radius 2 is 1.69 bits per heavy atom. The maximum atomic E-state index is 12.6. The van der Waals surface area contributed by atoms with Crippen molar-refractivity contribution in [1.82, 2.24) is 4.98 Å². The topological polar surface area (TPSA) is 94.7 Å². The first kappa shape index (κ1) is 18.5. The molecule has 0 bridgehead atoms. The summed E-state index contributed by atoms with van der Waals surface area (Å²) in [6.07, 6.45) is 0. The highest BCUT2D eigenvalue weighted by Gasteiger charge is 2.48. The van der Waals surface area contributed by atoms with Crippen LogP contribution in [-0.2, 0) is 19.1 Å². The van der Waals surface area contributed by atoms with Gasteiger partial charge in [0.15, 0.2) is 0 Å². The van der Waals surface area contributed by atoms with Gasteiger partial charge in [0.1, 0.15) is 11.0 Å². The van der Waals surface area contributed by atoms with Crippen LogP contribution in [0.2, 0.25) is 0 Å². The number of fused-ring (bicyclic) bond motifs is 1. The molecule has 0 saturated heterocycles. The smallest absolute Gasteiger partial charge is 0.320 e. The molecule has 0 spiro atoms. The Labute approximate surface area is 157 Å². The van der Waals surface area contributed by atoms with Crippen molar-refractivity contribution < 1.29 is 23.8 Å².